The van der Waals surface area contributed by atoms with Crippen LogP contribution in [0.15, 0.2) is 28.7 Å². The van der Waals surface area contributed by atoms with Gasteiger partial charge in [0.1, 0.15) is 5.75 Å². The number of hydrogen-bond acceptors (Lipinski definition) is 3. The minimum absolute atomic E-state index is 0.0191. The zero-order chi connectivity index (χ0) is 14.3. The number of carbonyl (C=O) groups is 1. The molecular weight excluding hydrogens is 310 g/mol. The molecule has 4 nitrogen and oxygen atoms in total. The first-order valence-corrected chi connectivity index (χ1v) is 7.12. The van der Waals surface area contributed by atoms with E-state index in [4.69, 9.17) is 9.84 Å². The molecule has 0 unspecified atom stereocenters. The fraction of sp³-hybridized carbons (Fsp3) is 0.500. The number of benzene rings is 1. The van der Waals surface area contributed by atoms with Gasteiger partial charge in [0.05, 0.1) is 0 Å². The number of aliphatic hydroxyl groups is 1. The van der Waals surface area contributed by atoms with Gasteiger partial charge in [-0.3, -0.25) is 4.79 Å². The Bertz CT molecular complexity index is 392. The molecule has 1 aromatic rings. The lowest BCUT2D eigenvalue weighted by Crippen LogP contribution is -2.40. The highest BCUT2D eigenvalue weighted by atomic mass is 79.9. The van der Waals surface area contributed by atoms with Crippen molar-refractivity contribution >= 4 is 21.8 Å². The van der Waals surface area contributed by atoms with Crippen molar-refractivity contribution in [3.8, 4) is 5.75 Å². The largest absolute Gasteiger partial charge is 0.484 e. The minimum atomic E-state index is -0.0635. The predicted molar refractivity (Wildman–Crippen MR) is 78.2 cm³/mol. The van der Waals surface area contributed by atoms with Gasteiger partial charge in [-0.05, 0) is 44.5 Å². The van der Waals surface area contributed by atoms with Crippen LogP contribution in [0.5, 0.6) is 5.75 Å². The molecule has 0 aliphatic rings. The van der Waals surface area contributed by atoms with Crippen LogP contribution >= 0.6 is 15.9 Å². The Kier molecular flexibility index (Phi) is 6.87. The van der Waals surface area contributed by atoms with Crippen molar-refractivity contribution in [1.82, 2.24) is 4.90 Å². The van der Waals surface area contributed by atoms with Crippen molar-refractivity contribution in [3.05, 3.63) is 28.7 Å². The van der Waals surface area contributed by atoms with Crippen LogP contribution in [0.2, 0.25) is 0 Å². The quantitative estimate of drug-likeness (QED) is 0.835. The third-order valence-electron chi connectivity index (χ3n) is 2.68. The average molecular weight is 330 g/mol. The SMILES string of the molecule is CC(C)N(CCCO)C(=O)COc1ccc(Br)cc1. The summed E-state index contributed by atoms with van der Waals surface area (Å²) in [4.78, 5) is 13.8. The molecule has 1 amide bonds. The second kappa shape index (κ2) is 8.17. The summed E-state index contributed by atoms with van der Waals surface area (Å²) >= 11 is 3.34. The molecule has 5 heteroatoms. The van der Waals surface area contributed by atoms with E-state index in [1.807, 2.05) is 38.1 Å². The zero-order valence-corrected chi connectivity index (χ0v) is 12.9. The maximum atomic E-state index is 12.0. The molecule has 0 aliphatic carbocycles. The Labute approximate surface area is 122 Å². The van der Waals surface area contributed by atoms with Crippen molar-refractivity contribution < 1.29 is 14.6 Å². The molecule has 0 fully saturated rings. The van der Waals surface area contributed by atoms with Gasteiger partial charge in [-0.15, -0.1) is 0 Å². The molecule has 0 aliphatic heterocycles. The lowest BCUT2D eigenvalue weighted by molar-refractivity contribution is -0.135. The van der Waals surface area contributed by atoms with Gasteiger partial charge in [0, 0.05) is 23.7 Å². The molecule has 0 saturated carbocycles. The van der Waals surface area contributed by atoms with E-state index in [-0.39, 0.29) is 25.2 Å². The van der Waals surface area contributed by atoms with Crippen molar-refractivity contribution in [1.29, 1.82) is 0 Å². The molecule has 1 aromatic carbocycles. The number of ether oxygens (including phenoxy) is 1. The van der Waals surface area contributed by atoms with E-state index < -0.39 is 0 Å². The third kappa shape index (κ3) is 5.61. The Hall–Kier alpha value is -1.07. The number of aliphatic hydroxyl groups excluding tert-OH is 1. The predicted octanol–water partition coefficient (Wildman–Crippen LogP) is 2.45. The van der Waals surface area contributed by atoms with Crippen molar-refractivity contribution in [2.24, 2.45) is 0 Å². The highest BCUT2D eigenvalue weighted by Gasteiger charge is 2.16. The van der Waals surface area contributed by atoms with Gasteiger partial charge in [0.15, 0.2) is 6.61 Å². The molecule has 0 spiro atoms. The fourth-order valence-electron chi connectivity index (χ4n) is 1.67. The molecule has 0 atom stereocenters. The van der Waals surface area contributed by atoms with Crippen molar-refractivity contribution in [2.45, 2.75) is 26.3 Å². The highest BCUT2D eigenvalue weighted by molar-refractivity contribution is 9.10. The lowest BCUT2D eigenvalue weighted by Gasteiger charge is -2.26. The van der Waals surface area contributed by atoms with Crippen molar-refractivity contribution in [2.75, 3.05) is 19.8 Å². The molecule has 0 heterocycles. The third-order valence-corrected chi connectivity index (χ3v) is 3.21. The second-order valence-electron chi connectivity index (χ2n) is 4.50. The Balaban J connectivity index is 2.49. The van der Waals surface area contributed by atoms with E-state index >= 15 is 0 Å². The number of nitrogens with zero attached hydrogens (tertiary/aromatic N) is 1. The van der Waals surface area contributed by atoms with E-state index in [2.05, 4.69) is 15.9 Å². The summed E-state index contributed by atoms with van der Waals surface area (Å²) in [6.07, 6.45) is 0.586. The first kappa shape index (κ1) is 16.0. The molecular formula is C14H20BrNO3. The maximum Gasteiger partial charge on any atom is 0.260 e. The second-order valence-corrected chi connectivity index (χ2v) is 5.42. The monoisotopic (exact) mass is 329 g/mol. The van der Waals surface area contributed by atoms with Gasteiger partial charge in [-0.1, -0.05) is 15.9 Å². The molecule has 106 valence electrons. The van der Waals surface area contributed by atoms with Crippen LogP contribution in [0.3, 0.4) is 0 Å². The zero-order valence-electron chi connectivity index (χ0n) is 11.3. The van der Waals surface area contributed by atoms with E-state index in [0.29, 0.717) is 18.7 Å². The van der Waals surface area contributed by atoms with Gasteiger partial charge in [-0.2, -0.15) is 0 Å². The van der Waals surface area contributed by atoms with Crippen LogP contribution in [-0.2, 0) is 4.79 Å². The number of rotatable bonds is 7. The van der Waals surface area contributed by atoms with Gasteiger partial charge < -0.3 is 14.7 Å². The summed E-state index contributed by atoms with van der Waals surface area (Å²) in [5, 5.41) is 8.84. The van der Waals surface area contributed by atoms with Crippen LogP contribution in [-0.4, -0.2) is 41.7 Å². The maximum absolute atomic E-state index is 12.0. The molecule has 19 heavy (non-hydrogen) atoms. The summed E-state index contributed by atoms with van der Waals surface area (Å²) < 4.78 is 6.43. The van der Waals surface area contributed by atoms with Crippen molar-refractivity contribution in [3.63, 3.8) is 0 Å². The standard InChI is InChI=1S/C14H20BrNO3/c1-11(2)16(8-3-9-17)14(18)10-19-13-6-4-12(15)5-7-13/h4-7,11,17H,3,8-10H2,1-2H3. The Morgan fingerprint density at radius 3 is 2.53 bits per heavy atom. The first-order valence-electron chi connectivity index (χ1n) is 6.33. The van der Waals surface area contributed by atoms with Crippen LogP contribution in [0.1, 0.15) is 20.3 Å². The Morgan fingerprint density at radius 2 is 2.00 bits per heavy atom. The summed E-state index contributed by atoms with van der Waals surface area (Å²) in [7, 11) is 0. The summed E-state index contributed by atoms with van der Waals surface area (Å²) in [6.45, 7) is 4.57. The number of hydrogen-bond donors (Lipinski definition) is 1. The lowest BCUT2D eigenvalue weighted by atomic mass is 10.3. The van der Waals surface area contributed by atoms with Gasteiger partial charge in [0.25, 0.3) is 5.91 Å². The van der Waals surface area contributed by atoms with E-state index in [1.165, 1.54) is 0 Å². The van der Waals surface area contributed by atoms with E-state index in [1.54, 1.807) is 4.90 Å². The number of amides is 1. The van der Waals surface area contributed by atoms with Gasteiger partial charge >= 0.3 is 0 Å². The molecule has 1 N–H and O–H groups in total. The van der Waals surface area contributed by atoms with E-state index in [0.717, 1.165) is 4.47 Å². The molecule has 0 aromatic heterocycles. The van der Waals surface area contributed by atoms with Crippen LogP contribution in [0.25, 0.3) is 0 Å². The smallest absolute Gasteiger partial charge is 0.260 e. The van der Waals surface area contributed by atoms with E-state index in [9.17, 15) is 4.79 Å². The highest BCUT2D eigenvalue weighted by Crippen LogP contribution is 2.16. The fourth-order valence-corrected chi connectivity index (χ4v) is 1.94. The van der Waals surface area contributed by atoms with Gasteiger partial charge in [0.2, 0.25) is 0 Å². The van der Waals surface area contributed by atoms with Crippen LogP contribution in [0, 0.1) is 0 Å². The molecule has 0 bridgehead atoms. The van der Waals surface area contributed by atoms with Crippen LogP contribution < -0.4 is 4.74 Å². The van der Waals surface area contributed by atoms with Gasteiger partial charge in [-0.25, -0.2) is 0 Å². The average Bonchev–Trinajstić information content (AvgIpc) is 2.38. The summed E-state index contributed by atoms with van der Waals surface area (Å²) in [5.41, 5.74) is 0. The molecule has 1 rings (SSSR count). The summed E-state index contributed by atoms with van der Waals surface area (Å²) in [6, 6.07) is 7.46. The number of carbonyl (C=O) groups excluding carboxylic acids is 1. The summed E-state index contributed by atoms with van der Waals surface area (Å²) in [5.74, 6) is 0.605. The topological polar surface area (TPSA) is 49.8 Å². The number of halogens is 1. The molecule has 0 radical (unpaired) electrons. The Morgan fingerprint density at radius 1 is 1.37 bits per heavy atom. The van der Waals surface area contributed by atoms with Crippen LogP contribution in [0.4, 0.5) is 0 Å². The first-order chi connectivity index (χ1) is 9.04. The normalized spacial score (nSPS) is 10.6. The molecule has 0 saturated heterocycles. The minimum Gasteiger partial charge on any atom is -0.484 e.